The van der Waals surface area contributed by atoms with Crippen molar-refractivity contribution in [2.75, 3.05) is 6.54 Å². The molecule has 2 aromatic rings. The molecule has 0 saturated heterocycles. The van der Waals surface area contributed by atoms with Gasteiger partial charge in [0.2, 0.25) is 0 Å². The summed E-state index contributed by atoms with van der Waals surface area (Å²) in [5.41, 5.74) is -0.499. The molecule has 1 aromatic carbocycles. The first-order chi connectivity index (χ1) is 9.92. The fourth-order valence-corrected chi connectivity index (χ4v) is 1.98. The SMILES string of the molecule is CC(C)(CCNC(=O)c1nccc2ccccc12)C(=O)O. The maximum Gasteiger partial charge on any atom is 0.309 e. The van der Waals surface area contributed by atoms with E-state index in [0.717, 1.165) is 10.8 Å². The number of nitrogens with one attached hydrogen (secondary N) is 1. The number of aliphatic carboxylic acids is 1. The van der Waals surface area contributed by atoms with E-state index in [4.69, 9.17) is 5.11 Å². The van der Waals surface area contributed by atoms with Crippen LogP contribution in [0.3, 0.4) is 0 Å². The number of carbonyl (C=O) groups is 2. The highest BCUT2D eigenvalue weighted by atomic mass is 16.4. The smallest absolute Gasteiger partial charge is 0.309 e. The zero-order valence-corrected chi connectivity index (χ0v) is 12.1. The van der Waals surface area contributed by atoms with Gasteiger partial charge in [-0.15, -0.1) is 0 Å². The predicted molar refractivity (Wildman–Crippen MR) is 80.1 cm³/mol. The van der Waals surface area contributed by atoms with Crippen LogP contribution in [0.4, 0.5) is 0 Å². The lowest BCUT2D eigenvalue weighted by Gasteiger charge is -2.18. The van der Waals surface area contributed by atoms with Crippen molar-refractivity contribution in [2.45, 2.75) is 20.3 Å². The van der Waals surface area contributed by atoms with E-state index in [2.05, 4.69) is 10.3 Å². The second kappa shape index (κ2) is 5.91. The van der Waals surface area contributed by atoms with Gasteiger partial charge in [-0.05, 0) is 31.7 Å². The van der Waals surface area contributed by atoms with Crippen LogP contribution in [-0.4, -0.2) is 28.5 Å². The normalized spacial score (nSPS) is 11.3. The third kappa shape index (κ3) is 3.37. The average molecular weight is 286 g/mol. The molecule has 0 spiro atoms. The summed E-state index contributed by atoms with van der Waals surface area (Å²) in [5.74, 6) is -1.16. The van der Waals surface area contributed by atoms with Crippen molar-refractivity contribution in [3.8, 4) is 0 Å². The zero-order valence-electron chi connectivity index (χ0n) is 12.1. The third-order valence-electron chi connectivity index (χ3n) is 3.50. The van der Waals surface area contributed by atoms with Gasteiger partial charge in [0, 0.05) is 18.1 Å². The molecule has 1 heterocycles. The molecule has 0 unspecified atom stereocenters. The first kappa shape index (κ1) is 15.0. The van der Waals surface area contributed by atoms with Gasteiger partial charge >= 0.3 is 5.97 Å². The van der Waals surface area contributed by atoms with Crippen molar-refractivity contribution in [3.05, 3.63) is 42.2 Å². The zero-order chi connectivity index (χ0) is 15.5. The Bertz CT molecular complexity index is 675. The molecule has 1 aromatic heterocycles. The molecule has 110 valence electrons. The summed E-state index contributed by atoms with van der Waals surface area (Å²) in [6.45, 7) is 3.57. The van der Waals surface area contributed by atoms with Gasteiger partial charge in [-0.2, -0.15) is 0 Å². The minimum atomic E-state index is -0.875. The van der Waals surface area contributed by atoms with E-state index in [-0.39, 0.29) is 5.91 Å². The maximum absolute atomic E-state index is 12.2. The van der Waals surface area contributed by atoms with Crippen molar-refractivity contribution < 1.29 is 14.7 Å². The lowest BCUT2D eigenvalue weighted by atomic mass is 9.90. The molecule has 1 amide bonds. The number of carboxylic acid groups (broad SMARTS) is 1. The topological polar surface area (TPSA) is 79.3 Å². The van der Waals surface area contributed by atoms with Crippen LogP contribution in [0.1, 0.15) is 30.8 Å². The number of carbonyl (C=O) groups excluding carboxylic acids is 1. The van der Waals surface area contributed by atoms with Gasteiger partial charge in [0.15, 0.2) is 0 Å². The molecule has 2 N–H and O–H groups in total. The molecule has 0 saturated carbocycles. The molecule has 0 fully saturated rings. The Labute approximate surface area is 123 Å². The molecule has 0 atom stereocenters. The molecule has 5 heteroatoms. The molecule has 0 bridgehead atoms. The van der Waals surface area contributed by atoms with Crippen molar-refractivity contribution in [1.29, 1.82) is 0 Å². The van der Waals surface area contributed by atoms with Crippen LogP contribution in [0.25, 0.3) is 10.8 Å². The average Bonchev–Trinajstić information content (AvgIpc) is 2.46. The van der Waals surface area contributed by atoms with Gasteiger partial charge in [0.1, 0.15) is 5.69 Å². The Morgan fingerprint density at radius 1 is 1.24 bits per heavy atom. The van der Waals surface area contributed by atoms with Gasteiger partial charge < -0.3 is 10.4 Å². The number of aromatic nitrogens is 1. The van der Waals surface area contributed by atoms with Crippen LogP contribution in [0.5, 0.6) is 0 Å². The quantitative estimate of drug-likeness (QED) is 0.885. The van der Waals surface area contributed by atoms with E-state index in [0.29, 0.717) is 18.7 Å². The summed E-state index contributed by atoms with van der Waals surface area (Å²) < 4.78 is 0. The van der Waals surface area contributed by atoms with Gasteiger partial charge in [0.25, 0.3) is 5.91 Å². The monoisotopic (exact) mass is 286 g/mol. The number of hydrogen-bond acceptors (Lipinski definition) is 3. The number of carboxylic acids is 1. The summed E-state index contributed by atoms with van der Waals surface area (Å²) in [6, 6.07) is 9.37. The van der Waals surface area contributed by atoms with E-state index in [1.165, 1.54) is 0 Å². The van der Waals surface area contributed by atoms with E-state index in [1.807, 2.05) is 30.3 Å². The molecular formula is C16H18N2O3. The Hall–Kier alpha value is -2.43. The number of pyridine rings is 1. The Morgan fingerprint density at radius 3 is 2.67 bits per heavy atom. The minimum absolute atomic E-state index is 0.284. The van der Waals surface area contributed by atoms with Gasteiger partial charge in [-0.1, -0.05) is 24.3 Å². The number of amides is 1. The number of rotatable bonds is 5. The van der Waals surface area contributed by atoms with Gasteiger partial charge in [-0.3, -0.25) is 14.6 Å². The van der Waals surface area contributed by atoms with Crippen LogP contribution >= 0.6 is 0 Å². The lowest BCUT2D eigenvalue weighted by Crippen LogP contribution is -2.32. The molecule has 5 nitrogen and oxygen atoms in total. The summed E-state index contributed by atoms with van der Waals surface area (Å²) in [4.78, 5) is 27.3. The third-order valence-corrected chi connectivity index (χ3v) is 3.50. The van der Waals surface area contributed by atoms with E-state index < -0.39 is 11.4 Å². The summed E-state index contributed by atoms with van der Waals surface area (Å²) in [7, 11) is 0. The van der Waals surface area contributed by atoms with E-state index in [9.17, 15) is 9.59 Å². The summed E-state index contributed by atoms with van der Waals surface area (Å²) >= 11 is 0. The van der Waals surface area contributed by atoms with Gasteiger partial charge in [-0.25, -0.2) is 0 Å². The van der Waals surface area contributed by atoms with Gasteiger partial charge in [0.05, 0.1) is 5.41 Å². The Balaban J connectivity index is 2.08. The fraction of sp³-hybridized carbons (Fsp3) is 0.312. The molecule has 21 heavy (non-hydrogen) atoms. The van der Waals surface area contributed by atoms with Crippen molar-refractivity contribution in [3.63, 3.8) is 0 Å². The fourth-order valence-electron chi connectivity index (χ4n) is 1.98. The van der Waals surface area contributed by atoms with Crippen LogP contribution in [0.2, 0.25) is 0 Å². The van der Waals surface area contributed by atoms with Crippen molar-refractivity contribution in [1.82, 2.24) is 10.3 Å². The summed E-state index contributed by atoms with van der Waals surface area (Å²) in [6.07, 6.45) is 1.96. The van der Waals surface area contributed by atoms with Crippen LogP contribution in [0, 0.1) is 5.41 Å². The number of fused-ring (bicyclic) bond motifs is 1. The second-order valence-electron chi connectivity index (χ2n) is 5.58. The standard InChI is InChI=1S/C16H18N2O3/c1-16(2,15(20)21)8-10-18-14(19)13-12-6-4-3-5-11(12)7-9-17-13/h3-7,9H,8,10H2,1-2H3,(H,18,19)(H,20,21). The highest BCUT2D eigenvalue weighted by molar-refractivity contribution is 6.05. The largest absolute Gasteiger partial charge is 0.481 e. The molecule has 0 aliphatic carbocycles. The first-order valence-electron chi connectivity index (χ1n) is 6.77. The van der Waals surface area contributed by atoms with Crippen LogP contribution in [-0.2, 0) is 4.79 Å². The van der Waals surface area contributed by atoms with Crippen LogP contribution < -0.4 is 5.32 Å². The number of nitrogens with zero attached hydrogens (tertiary/aromatic N) is 1. The van der Waals surface area contributed by atoms with Crippen LogP contribution in [0.15, 0.2) is 36.5 Å². The van der Waals surface area contributed by atoms with Crippen molar-refractivity contribution >= 4 is 22.6 Å². The molecule has 0 radical (unpaired) electrons. The first-order valence-corrected chi connectivity index (χ1v) is 6.77. The minimum Gasteiger partial charge on any atom is -0.481 e. The van der Waals surface area contributed by atoms with E-state index in [1.54, 1.807) is 20.0 Å². The predicted octanol–water partition coefficient (Wildman–Crippen LogP) is 2.47. The highest BCUT2D eigenvalue weighted by Crippen LogP contribution is 2.20. The maximum atomic E-state index is 12.2. The molecule has 0 aliphatic heterocycles. The molecule has 2 rings (SSSR count). The highest BCUT2D eigenvalue weighted by Gasteiger charge is 2.26. The van der Waals surface area contributed by atoms with E-state index >= 15 is 0 Å². The Kier molecular flexibility index (Phi) is 4.21. The molecule has 0 aliphatic rings. The number of benzene rings is 1. The molecular weight excluding hydrogens is 268 g/mol. The summed E-state index contributed by atoms with van der Waals surface area (Å²) in [5, 5.41) is 13.5. The lowest BCUT2D eigenvalue weighted by molar-refractivity contribution is -0.147. The Morgan fingerprint density at radius 2 is 1.95 bits per heavy atom. The number of hydrogen-bond donors (Lipinski definition) is 2. The second-order valence-corrected chi connectivity index (χ2v) is 5.58. The van der Waals surface area contributed by atoms with Crippen molar-refractivity contribution in [2.24, 2.45) is 5.41 Å².